The van der Waals surface area contributed by atoms with Gasteiger partial charge in [0.25, 0.3) is 0 Å². The molecule has 1 aliphatic rings. The van der Waals surface area contributed by atoms with Crippen LogP contribution >= 0.6 is 11.6 Å². The van der Waals surface area contributed by atoms with E-state index >= 15 is 0 Å². The fourth-order valence-electron chi connectivity index (χ4n) is 3.22. The summed E-state index contributed by atoms with van der Waals surface area (Å²) in [4.78, 5) is 16.7. The highest BCUT2D eigenvalue weighted by Gasteiger charge is 2.24. The molecular weight excluding hydrogens is 442 g/mol. The van der Waals surface area contributed by atoms with Crippen LogP contribution in [0.4, 0.5) is 0 Å². The van der Waals surface area contributed by atoms with Crippen LogP contribution in [0.2, 0.25) is 5.02 Å². The van der Waals surface area contributed by atoms with Crippen LogP contribution in [0.5, 0.6) is 17.2 Å². The van der Waals surface area contributed by atoms with Crippen LogP contribution in [-0.4, -0.2) is 25.6 Å². The van der Waals surface area contributed by atoms with E-state index in [-0.39, 0.29) is 11.6 Å². The lowest BCUT2D eigenvalue weighted by Crippen LogP contribution is -2.05. The first-order valence-electron chi connectivity index (χ1n) is 10.4. The van der Waals surface area contributed by atoms with E-state index in [1.165, 1.54) is 0 Å². The summed E-state index contributed by atoms with van der Waals surface area (Å²) < 4.78 is 22.1. The number of rotatable bonds is 8. The Kier molecular flexibility index (Phi) is 6.95. The second-order valence-electron chi connectivity index (χ2n) is 7.08. The molecule has 0 amide bonds. The van der Waals surface area contributed by atoms with Crippen molar-refractivity contribution in [3.05, 3.63) is 94.1 Å². The number of methoxy groups -OCH3 is 1. The van der Waals surface area contributed by atoms with E-state index in [9.17, 15) is 4.79 Å². The SMILES string of the molecule is CCOc1ccc(C2=N/C(=C\c3ccc(OCc4ccccc4Cl)c(OC)c3)C(=O)O2)cc1. The third-order valence-corrected chi connectivity index (χ3v) is 5.23. The molecule has 6 nitrogen and oxygen atoms in total. The maximum absolute atomic E-state index is 12.3. The average Bonchev–Trinajstić information content (AvgIpc) is 3.19. The van der Waals surface area contributed by atoms with E-state index in [1.54, 1.807) is 37.5 Å². The molecular formula is C26H22ClNO5. The lowest BCUT2D eigenvalue weighted by Gasteiger charge is -2.12. The van der Waals surface area contributed by atoms with Gasteiger partial charge in [-0.15, -0.1) is 0 Å². The smallest absolute Gasteiger partial charge is 0.363 e. The summed E-state index contributed by atoms with van der Waals surface area (Å²) >= 11 is 6.19. The summed E-state index contributed by atoms with van der Waals surface area (Å²) in [6.07, 6.45) is 1.64. The largest absolute Gasteiger partial charge is 0.494 e. The van der Waals surface area contributed by atoms with Crippen LogP contribution < -0.4 is 14.2 Å². The molecule has 1 heterocycles. The molecule has 168 valence electrons. The van der Waals surface area contributed by atoms with Gasteiger partial charge in [0.15, 0.2) is 17.2 Å². The number of benzene rings is 3. The van der Waals surface area contributed by atoms with Gasteiger partial charge in [0.05, 0.1) is 13.7 Å². The van der Waals surface area contributed by atoms with E-state index in [0.717, 1.165) is 16.9 Å². The zero-order valence-electron chi connectivity index (χ0n) is 18.2. The van der Waals surface area contributed by atoms with E-state index in [0.29, 0.717) is 35.3 Å². The van der Waals surface area contributed by atoms with E-state index in [1.807, 2.05) is 49.4 Å². The minimum Gasteiger partial charge on any atom is -0.494 e. The molecule has 0 N–H and O–H groups in total. The first kappa shape index (κ1) is 22.4. The zero-order valence-corrected chi connectivity index (χ0v) is 19.0. The van der Waals surface area contributed by atoms with Crippen LogP contribution in [0, 0.1) is 0 Å². The molecule has 0 saturated carbocycles. The number of carbonyl (C=O) groups is 1. The first-order valence-corrected chi connectivity index (χ1v) is 10.7. The van der Waals surface area contributed by atoms with Gasteiger partial charge in [0.1, 0.15) is 12.4 Å². The summed E-state index contributed by atoms with van der Waals surface area (Å²) in [6.45, 7) is 2.80. The molecule has 1 aliphatic heterocycles. The molecule has 0 radical (unpaired) electrons. The molecule has 0 bridgehead atoms. The maximum atomic E-state index is 12.3. The number of hydrogen-bond donors (Lipinski definition) is 0. The molecule has 4 rings (SSSR count). The second kappa shape index (κ2) is 10.2. The number of hydrogen-bond acceptors (Lipinski definition) is 6. The molecule has 3 aromatic rings. The Bertz CT molecular complexity index is 1220. The van der Waals surface area contributed by atoms with Crippen molar-refractivity contribution in [2.24, 2.45) is 4.99 Å². The Hall–Kier alpha value is -3.77. The van der Waals surface area contributed by atoms with Gasteiger partial charge in [-0.2, -0.15) is 0 Å². The predicted molar refractivity (Wildman–Crippen MR) is 127 cm³/mol. The molecule has 33 heavy (non-hydrogen) atoms. The van der Waals surface area contributed by atoms with Crippen LogP contribution in [0.1, 0.15) is 23.6 Å². The molecule has 0 atom stereocenters. The van der Waals surface area contributed by atoms with Crippen molar-refractivity contribution in [3.63, 3.8) is 0 Å². The molecule has 0 spiro atoms. The predicted octanol–water partition coefficient (Wildman–Crippen LogP) is 5.67. The van der Waals surface area contributed by atoms with Crippen LogP contribution in [0.3, 0.4) is 0 Å². The highest BCUT2D eigenvalue weighted by Crippen LogP contribution is 2.31. The Morgan fingerprint density at radius 1 is 1.00 bits per heavy atom. The van der Waals surface area contributed by atoms with Gasteiger partial charge in [0.2, 0.25) is 5.90 Å². The van der Waals surface area contributed by atoms with E-state index in [4.69, 9.17) is 30.5 Å². The Morgan fingerprint density at radius 2 is 1.79 bits per heavy atom. The molecule has 7 heteroatoms. The van der Waals surface area contributed by atoms with Gasteiger partial charge in [-0.25, -0.2) is 9.79 Å². The van der Waals surface area contributed by atoms with Crippen molar-refractivity contribution in [2.75, 3.05) is 13.7 Å². The molecule has 0 saturated heterocycles. The third kappa shape index (κ3) is 5.35. The van der Waals surface area contributed by atoms with Gasteiger partial charge in [0, 0.05) is 16.1 Å². The summed E-state index contributed by atoms with van der Waals surface area (Å²) in [5, 5.41) is 0.638. The van der Waals surface area contributed by atoms with Crippen LogP contribution in [0.25, 0.3) is 6.08 Å². The first-order chi connectivity index (χ1) is 16.1. The van der Waals surface area contributed by atoms with E-state index in [2.05, 4.69) is 4.99 Å². The summed E-state index contributed by atoms with van der Waals surface area (Å²) in [7, 11) is 1.56. The Balaban J connectivity index is 1.52. The minimum atomic E-state index is -0.517. The average molecular weight is 464 g/mol. The number of halogens is 1. The van der Waals surface area contributed by atoms with Crippen molar-refractivity contribution < 1.29 is 23.7 Å². The highest BCUT2D eigenvalue weighted by molar-refractivity contribution is 6.31. The number of cyclic esters (lactones) is 1. The molecule has 0 unspecified atom stereocenters. The van der Waals surface area contributed by atoms with Crippen molar-refractivity contribution in [2.45, 2.75) is 13.5 Å². The number of nitrogens with zero attached hydrogens (tertiary/aromatic N) is 1. The second-order valence-corrected chi connectivity index (χ2v) is 7.49. The topological polar surface area (TPSA) is 66.3 Å². The lowest BCUT2D eigenvalue weighted by molar-refractivity contribution is -0.129. The fourth-order valence-corrected chi connectivity index (χ4v) is 3.41. The van der Waals surface area contributed by atoms with E-state index < -0.39 is 5.97 Å². The Morgan fingerprint density at radius 3 is 2.52 bits per heavy atom. The van der Waals surface area contributed by atoms with Crippen molar-refractivity contribution >= 4 is 29.5 Å². The number of carbonyl (C=O) groups excluding carboxylic acids is 1. The normalized spacial score (nSPS) is 14.1. The quantitative estimate of drug-likeness (QED) is 0.318. The number of ether oxygens (including phenoxy) is 4. The number of esters is 1. The van der Waals surface area contributed by atoms with Crippen LogP contribution in [-0.2, 0) is 16.1 Å². The standard InChI is InChI=1S/C26H22ClNO5/c1-3-31-20-11-9-18(10-12-20)25-28-22(26(29)33-25)14-17-8-13-23(24(15-17)30-2)32-16-19-6-4-5-7-21(19)27/h4-15H,3,16H2,1-2H3/b22-14-. The monoisotopic (exact) mass is 463 g/mol. The fraction of sp³-hybridized carbons (Fsp3) is 0.154. The van der Waals surface area contributed by atoms with Crippen molar-refractivity contribution in [3.8, 4) is 17.2 Å². The van der Waals surface area contributed by atoms with Gasteiger partial charge in [-0.1, -0.05) is 35.9 Å². The summed E-state index contributed by atoms with van der Waals surface area (Å²) in [5.74, 6) is 1.56. The van der Waals surface area contributed by atoms with Gasteiger partial charge in [-0.3, -0.25) is 0 Å². The number of aliphatic imine (C=N–C) groups is 1. The summed E-state index contributed by atoms with van der Waals surface area (Å²) in [5.41, 5.74) is 2.49. The van der Waals surface area contributed by atoms with Gasteiger partial charge < -0.3 is 18.9 Å². The zero-order chi connectivity index (χ0) is 23.2. The van der Waals surface area contributed by atoms with Gasteiger partial charge >= 0.3 is 5.97 Å². The highest BCUT2D eigenvalue weighted by atomic mass is 35.5. The van der Waals surface area contributed by atoms with Gasteiger partial charge in [-0.05, 0) is 61.0 Å². The molecule has 0 fully saturated rings. The Labute approximate surface area is 197 Å². The third-order valence-electron chi connectivity index (χ3n) is 4.86. The van der Waals surface area contributed by atoms with Crippen LogP contribution in [0.15, 0.2) is 77.4 Å². The molecule has 3 aromatic carbocycles. The van der Waals surface area contributed by atoms with Crippen molar-refractivity contribution in [1.29, 1.82) is 0 Å². The molecule has 0 aromatic heterocycles. The molecule has 0 aliphatic carbocycles. The van der Waals surface area contributed by atoms with Crippen molar-refractivity contribution in [1.82, 2.24) is 0 Å². The summed E-state index contributed by atoms with van der Waals surface area (Å²) in [6, 6.07) is 20.1. The lowest BCUT2D eigenvalue weighted by atomic mass is 10.1. The maximum Gasteiger partial charge on any atom is 0.363 e. The minimum absolute atomic E-state index is 0.200.